The molecule has 7 nitrogen and oxygen atoms in total. The highest BCUT2D eigenvalue weighted by Gasteiger charge is 2.21. The van der Waals surface area contributed by atoms with Gasteiger partial charge in [0.15, 0.2) is 17.5 Å². The van der Waals surface area contributed by atoms with E-state index < -0.39 is 6.61 Å². The Morgan fingerprint density at radius 3 is 2.50 bits per heavy atom. The van der Waals surface area contributed by atoms with E-state index in [2.05, 4.69) is 20.4 Å². The zero-order valence-electron chi connectivity index (χ0n) is 18.2. The molecule has 1 amide bonds. The SMILES string of the molecule is CN=C(NCCc1ccc(OC)c(OC(F)F)c1)NCc1ccc(N2CCCC2=O)cc1. The third kappa shape index (κ3) is 6.32. The number of hydrogen-bond donors (Lipinski definition) is 2. The topological polar surface area (TPSA) is 75.2 Å². The summed E-state index contributed by atoms with van der Waals surface area (Å²) in [5.41, 5.74) is 2.82. The van der Waals surface area contributed by atoms with Crippen molar-refractivity contribution in [1.29, 1.82) is 0 Å². The van der Waals surface area contributed by atoms with Crippen LogP contribution in [0.5, 0.6) is 11.5 Å². The molecular formula is C23H28F2N4O3. The molecule has 1 fully saturated rings. The van der Waals surface area contributed by atoms with Gasteiger partial charge in [0.1, 0.15) is 0 Å². The fourth-order valence-electron chi connectivity index (χ4n) is 3.51. The van der Waals surface area contributed by atoms with Crippen LogP contribution in [0.15, 0.2) is 47.5 Å². The number of rotatable bonds is 9. The smallest absolute Gasteiger partial charge is 0.387 e. The Labute approximate surface area is 186 Å². The first-order valence-electron chi connectivity index (χ1n) is 10.5. The van der Waals surface area contributed by atoms with Crippen molar-refractivity contribution in [2.75, 3.05) is 32.1 Å². The van der Waals surface area contributed by atoms with Gasteiger partial charge in [0.25, 0.3) is 0 Å². The predicted molar refractivity (Wildman–Crippen MR) is 120 cm³/mol. The van der Waals surface area contributed by atoms with Gasteiger partial charge in [0.2, 0.25) is 5.91 Å². The van der Waals surface area contributed by atoms with Crippen molar-refractivity contribution >= 4 is 17.6 Å². The van der Waals surface area contributed by atoms with Crippen molar-refractivity contribution in [3.63, 3.8) is 0 Å². The van der Waals surface area contributed by atoms with E-state index in [0.29, 0.717) is 31.9 Å². The summed E-state index contributed by atoms with van der Waals surface area (Å²) in [6.45, 7) is -1.01. The van der Waals surface area contributed by atoms with Crippen molar-refractivity contribution in [2.24, 2.45) is 4.99 Å². The minimum atomic E-state index is -2.91. The Balaban J connectivity index is 1.47. The molecule has 1 heterocycles. The van der Waals surface area contributed by atoms with Crippen LogP contribution in [-0.4, -0.2) is 45.7 Å². The van der Waals surface area contributed by atoms with E-state index in [1.807, 2.05) is 35.2 Å². The molecule has 0 bridgehead atoms. The Bertz CT molecular complexity index is 935. The van der Waals surface area contributed by atoms with Crippen LogP contribution in [0.4, 0.5) is 14.5 Å². The maximum Gasteiger partial charge on any atom is 0.387 e. The summed E-state index contributed by atoms with van der Waals surface area (Å²) in [6.07, 6.45) is 2.10. The number of benzene rings is 2. The van der Waals surface area contributed by atoms with Gasteiger partial charge in [-0.05, 0) is 48.2 Å². The molecule has 0 atom stereocenters. The fourth-order valence-corrected chi connectivity index (χ4v) is 3.51. The summed E-state index contributed by atoms with van der Waals surface area (Å²) in [5, 5.41) is 6.44. The maximum absolute atomic E-state index is 12.6. The average molecular weight is 446 g/mol. The molecule has 9 heteroatoms. The van der Waals surface area contributed by atoms with Crippen LogP contribution in [0, 0.1) is 0 Å². The lowest BCUT2D eigenvalue weighted by Gasteiger charge is -2.16. The Kier molecular flexibility index (Phi) is 8.24. The number of nitrogens with one attached hydrogen (secondary N) is 2. The van der Waals surface area contributed by atoms with Gasteiger partial charge in [-0.25, -0.2) is 0 Å². The van der Waals surface area contributed by atoms with Crippen LogP contribution < -0.4 is 25.0 Å². The standard InChI is InChI=1S/C23H28F2N4O3/c1-26-23(27-12-11-16-7-10-19(31-2)20(14-16)32-22(24)25)28-15-17-5-8-18(9-6-17)29-13-3-4-21(29)30/h5-10,14,22H,3-4,11-13,15H2,1-2H3,(H2,26,27,28). The molecule has 0 aromatic heterocycles. The summed E-state index contributed by atoms with van der Waals surface area (Å²) in [5.74, 6) is 1.08. The van der Waals surface area contributed by atoms with Gasteiger partial charge >= 0.3 is 6.61 Å². The molecule has 3 rings (SSSR count). The molecule has 2 aromatic carbocycles. The van der Waals surface area contributed by atoms with E-state index in [0.717, 1.165) is 29.8 Å². The monoisotopic (exact) mass is 446 g/mol. The molecule has 1 aliphatic heterocycles. The Morgan fingerprint density at radius 2 is 1.88 bits per heavy atom. The van der Waals surface area contributed by atoms with E-state index in [9.17, 15) is 13.6 Å². The molecule has 0 aliphatic carbocycles. The van der Waals surface area contributed by atoms with Gasteiger partial charge in [-0.15, -0.1) is 0 Å². The first-order valence-corrected chi connectivity index (χ1v) is 10.5. The van der Waals surface area contributed by atoms with Crippen LogP contribution in [-0.2, 0) is 17.8 Å². The molecule has 0 radical (unpaired) electrons. The number of aliphatic imine (C=N–C) groups is 1. The summed E-state index contributed by atoms with van der Waals surface area (Å²) in [6, 6.07) is 12.9. The normalized spacial score (nSPS) is 14.1. The number of alkyl halides is 2. The van der Waals surface area contributed by atoms with Crippen LogP contribution in [0.1, 0.15) is 24.0 Å². The molecule has 0 saturated carbocycles. The number of guanidine groups is 1. The van der Waals surface area contributed by atoms with Gasteiger partial charge in [-0.1, -0.05) is 18.2 Å². The van der Waals surface area contributed by atoms with Crippen LogP contribution in [0.2, 0.25) is 0 Å². The van der Waals surface area contributed by atoms with Gasteiger partial charge < -0.3 is 25.0 Å². The number of anilines is 1. The first-order chi connectivity index (χ1) is 15.5. The maximum atomic E-state index is 12.6. The Morgan fingerprint density at radius 1 is 1.12 bits per heavy atom. The van der Waals surface area contributed by atoms with Crippen molar-refractivity contribution in [2.45, 2.75) is 32.4 Å². The van der Waals surface area contributed by atoms with Crippen molar-refractivity contribution in [1.82, 2.24) is 10.6 Å². The predicted octanol–water partition coefficient (Wildman–Crippen LogP) is 3.33. The van der Waals surface area contributed by atoms with Crippen molar-refractivity contribution < 1.29 is 23.0 Å². The molecular weight excluding hydrogens is 418 g/mol. The molecule has 2 aromatic rings. The molecule has 32 heavy (non-hydrogen) atoms. The fraction of sp³-hybridized carbons (Fsp3) is 0.391. The summed E-state index contributed by atoms with van der Waals surface area (Å²) >= 11 is 0. The number of methoxy groups -OCH3 is 1. The van der Waals surface area contributed by atoms with Crippen LogP contribution in [0.25, 0.3) is 0 Å². The van der Waals surface area contributed by atoms with Gasteiger partial charge in [-0.2, -0.15) is 8.78 Å². The van der Waals surface area contributed by atoms with Gasteiger partial charge in [-0.3, -0.25) is 9.79 Å². The van der Waals surface area contributed by atoms with E-state index in [1.165, 1.54) is 7.11 Å². The third-order valence-corrected chi connectivity index (χ3v) is 5.16. The minimum Gasteiger partial charge on any atom is -0.493 e. The molecule has 1 aliphatic rings. The number of hydrogen-bond acceptors (Lipinski definition) is 4. The highest BCUT2D eigenvalue weighted by atomic mass is 19.3. The van der Waals surface area contributed by atoms with E-state index in [1.54, 1.807) is 19.2 Å². The number of amides is 1. The number of carbonyl (C=O) groups excluding carboxylic acids is 1. The lowest BCUT2D eigenvalue weighted by Crippen LogP contribution is -2.37. The zero-order chi connectivity index (χ0) is 22.9. The second-order valence-corrected chi connectivity index (χ2v) is 7.28. The molecule has 1 saturated heterocycles. The van der Waals surface area contributed by atoms with Crippen LogP contribution >= 0.6 is 0 Å². The van der Waals surface area contributed by atoms with Gasteiger partial charge in [0, 0.05) is 38.8 Å². The lowest BCUT2D eigenvalue weighted by atomic mass is 10.1. The highest BCUT2D eigenvalue weighted by Crippen LogP contribution is 2.29. The second kappa shape index (κ2) is 11.3. The highest BCUT2D eigenvalue weighted by molar-refractivity contribution is 5.95. The van der Waals surface area contributed by atoms with Crippen LogP contribution in [0.3, 0.4) is 0 Å². The second-order valence-electron chi connectivity index (χ2n) is 7.28. The quantitative estimate of drug-likeness (QED) is 0.457. The van der Waals surface area contributed by atoms with E-state index >= 15 is 0 Å². The third-order valence-electron chi connectivity index (χ3n) is 5.16. The number of ether oxygens (including phenoxy) is 2. The van der Waals surface area contributed by atoms with Crippen molar-refractivity contribution in [3.8, 4) is 11.5 Å². The Hall–Kier alpha value is -3.36. The number of halogens is 2. The summed E-state index contributed by atoms with van der Waals surface area (Å²) in [4.78, 5) is 17.9. The summed E-state index contributed by atoms with van der Waals surface area (Å²) < 4.78 is 34.7. The van der Waals surface area contributed by atoms with Crippen molar-refractivity contribution in [3.05, 3.63) is 53.6 Å². The first kappa shape index (κ1) is 23.3. The van der Waals surface area contributed by atoms with Gasteiger partial charge in [0.05, 0.1) is 7.11 Å². The minimum absolute atomic E-state index is 0.0154. The largest absolute Gasteiger partial charge is 0.493 e. The van der Waals surface area contributed by atoms with E-state index in [4.69, 9.17) is 4.74 Å². The van der Waals surface area contributed by atoms with E-state index in [-0.39, 0.29) is 17.4 Å². The molecule has 0 spiro atoms. The lowest BCUT2D eigenvalue weighted by molar-refractivity contribution is -0.117. The number of carbonyl (C=O) groups is 1. The average Bonchev–Trinajstić information content (AvgIpc) is 3.22. The summed E-state index contributed by atoms with van der Waals surface area (Å²) in [7, 11) is 3.09. The molecule has 172 valence electrons. The molecule has 2 N–H and O–H groups in total. The molecule has 0 unspecified atom stereocenters. The number of nitrogens with zero attached hydrogens (tertiary/aromatic N) is 2. The zero-order valence-corrected chi connectivity index (χ0v) is 18.2.